The quantitative estimate of drug-likeness (QED) is 0.784. The van der Waals surface area contributed by atoms with Gasteiger partial charge < -0.3 is 15.3 Å². The fraction of sp³-hybridized carbons (Fsp3) is 0.389. The molecule has 1 saturated heterocycles. The van der Waals surface area contributed by atoms with Crippen LogP contribution in [-0.2, 0) is 14.4 Å². The zero-order valence-corrected chi connectivity index (χ0v) is 14.7. The molecule has 0 radical (unpaired) electrons. The van der Waals surface area contributed by atoms with Crippen molar-refractivity contribution in [3.05, 3.63) is 40.9 Å². The van der Waals surface area contributed by atoms with E-state index in [1.165, 1.54) is 13.0 Å². The summed E-state index contributed by atoms with van der Waals surface area (Å²) in [5.41, 5.74) is 0.773. The molecule has 2 N–H and O–H groups in total. The van der Waals surface area contributed by atoms with Crippen LogP contribution in [-0.4, -0.2) is 46.9 Å². The van der Waals surface area contributed by atoms with Crippen LogP contribution in [0, 0.1) is 5.92 Å². The lowest BCUT2D eigenvalue weighted by molar-refractivity contribution is -0.142. The number of carboxylic acid groups (broad SMARTS) is 1. The maximum Gasteiger partial charge on any atom is 0.325 e. The topological polar surface area (TPSA) is 86.7 Å². The monoisotopic (exact) mass is 364 g/mol. The largest absolute Gasteiger partial charge is 0.480 e. The van der Waals surface area contributed by atoms with Gasteiger partial charge in [0.25, 0.3) is 0 Å². The van der Waals surface area contributed by atoms with E-state index in [9.17, 15) is 14.4 Å². The van der Waals surface area contributed by atoms with Crippen molar-refractivity contribution in [1.82, 2.24) is 10.2 Å². The first-order chi connectivity index (χ1) is 11.9. The fourth-order valence-corrected chi connectivity index (χ4v) is 2.83. The highest BCUT2D eigenvalue weighted by Gasteiger charge is 2.28. The van der Waals surface area contributed by atoms with Gasteiger partial charge in [0, 0.05) is 30.1 Å². The maximum absolute atomic E-state index is 12.2. The Balaban J connectivity index is 1.85. The average Bonchev–Trinajstić information content (AvgIpc) is 2.60. The molecule has 1 fully saturated rings. The minimum atomic E-state index is -1.06. The lowest BCUT2D eigenvalue weighted by Gasteiger charge is -2.31. The van der Waals surface area contributed by atoms with E-state index in [0.717, 1.165) is 5.56 Å². The highest BCUT2D eigenvalue weighted by molar-refractivity contribution is 6.32. The Labute approximate surface area is 151 Å². The predicted molar refractivity (Wildman–Crippen MR) is 95.0 cm³/mol. The summed E-state index contributed by atoms with van der Waals surface area (Å²) in [7, 11) is 0. The number of amides is 2. The number of hydrogen-bond acceptors (Lipinski definition) is 3. The molecule has 1 heterocycles. The van der Waals surface area contributed by atoms with Gasteiger partial charge >= 0.3 is 5.97 Å². The molecule has 2 amide bonds. The van der Waals surface area contributed by atoms with Crippen molar-refractivity contribution in [3.8, 4) is 0 Å². The van der Waals surface area contributed by atoms with Gasteiger partial charge in [0.1, 0.15) is 6.04 Å². The number of carboxylic acids is 1. The minimum Gasteiger partial charge on any atom is -0.480 e. The Bertz CT molecular complexity index is 681. The van der Waals surface area contributed by atoms with Gasteiger partial charge in [-0.2, -0.15) is 0 Å². The van der Waals surface area contributed by atoms with Gasteiger partial charge in [-0.3, -0.25) is 14.4 Å². The first-order valence-electron chi connectivity index (χ1n) is 8.13. The molecule has 1 aliphatic rings. The maximum atomic E-state index is 12.2. The molecule has 134 valence electrons. The van der Waals surface area contributed by atoms with E-state index in [2.05, 4.69) is 5.32 Å². The molecule has 1 atom stereocenters. The van der Waals surface area contributed by atoms with Gasteiger partial charge in [-0.25, -0.2) is 0 Å². The zero-order valence-electron chi connectivity index (χ0n) is 13.9. The van der Waals surface area contributed by atoms with Crippen molar-refractivity contribution in [3.63, 3.8) is 0 Å². The van der Waals surface area contributed by atoms with Crippen LogP contribution in [0.5, 0.6) is 0 Å². The molecule has 1 aromatic rings. The first-order valence-corrected chi connectivity index (χ1v) is 8.51. The number of likely N-dealkylation sites (tertiary alicyclic amines) is 1. The Morgan fingerprint density at radius 3 is 2.52 bits per heavy atom. The molecule has 1 unspecified atom stereocenters. The summed E-state index contributed by atoms with van der Waals surface area (Å²) in [6, 6.07) is 6.34. The van der Waals surface area contributed by atoms with Gasteiger partial charge in [0.2, 0.25) is 11.8 Å². The average molecular weight is 365 g/mol. The van der Waals surface area contributed by atoms with Crippen molar-refractivity contribution in [1.29, 1.82) is 0 Å². The molecule has 0 aliphatic carbocycles. The summed E-state index contributed by atoms with van der Waals surface area (Å²) < 4.78 is 0. The van der Waals surface area contributed by atoms with E-state index in [-0.39, 0.29) is 17.7 Å². The molecule has 1 aliphatic heterocycles. The number of rotatable bonds is 5. The van der Waals surface area contributed by atoms with Crippen LogP contribution in [0.15, 0.2) is 30.3 Å². The van der Waals surface area contributed by atoms with Crippen molar-refractivity contribution < 1.29 is 19.5 Å². The SMILES string of the molecule is CC(NC(=O)C1CCN(C(=O)C=Cc2ccccc2Cl)CC1)C(=O)O. The molecule has 25 heavy (non-hydrogen) atoms. The summed E-state index contributed by atoms with van der Waals surface area (Å²) in [4.78, 5) is 36.7. The van der Waals surface area contributed by atoms with Gasteiger partial charge in [-0.1, -0.05) is 29.8 Å². The summed E-state index contributed by atoms with van der Waals surface area (Å²) in [5, 5.41) is 11.9. The minimum absolute atomic E-state index is 0.127. The molecule has 0 saturated carbocycles. The van der Waals surface area contributed by atoms with Crippen LogP contribution in [0.25, 0.3) is 6.08 Å². The normalized spacial score (nSPS) is 16.6. The van der Waals surface area contributed by atoms with Crippen LogP contribution in [0.2, 0.25) is 5.02 Å². The smallest absolute Gasteiger partial charge is 0.325 e. The molecule has 6 nitrogen and oxygen atoms in total. The third kappa shape index (κ3) is 5.32. The molecule has 2 rings (SSSR count). The Kier molecular flexibility index (Phi) is 6.58. The van der Waals surface area contributed by atoms with Crippen molar-refractivity contribution in [2.24, 2.45) is 5.92 Å². The van der Waals surface area contributed by atoms with Gasteiger partial charge in [-0.05, 0) is 37.5 Å². The molecular weight excluding hydrogens is 344 g/mol. The number of piperidine rings is 1. The third-order valence-corrected chi connectivity index (χ3v) is 4.56. The summed E-state index contributed by atoms with van der Waals surface area (Å²) >= 11 is 6.05. The number of nitrogens with one attached hydrogen (secondary N) is 1. The highest BCUT2D eigenvalue weighted by Crippen LogP contribution is 2.19. The van der Waals surface area contributed by atoms with Gasteiger partial charge in [-0.15, -0.1) is 0 Å². The molecule has 0 spiro atoms. The molecule has 0 bridgehead atoms. The predicted octanol–water partition coefficient (Wildman–Crippen LogP) is 2.18. The second-order valence-electron chi connectivity index (χ2n) is 6.02. The van der Waals surface area contributed by atoms with Crippen molar-refractivity contribution in [2.45, 2.75) is 25.8 Å². The number of benzene rings is 1. The Morgan fingerprint density at radius 1 is 1.28 bits per heavy atom. The fourth-order valence-electron chi connectivity index (χ4n) is 2.63. The van der Waals surface area contributed by atoms with Crippen molar-refractivity contribution >= 4 is 35.5 Å². The zero-order chi connectivity index (χ0) is 18.4. The third-order valence-electron chi connectivity index (χ3n) is 4.22. The van der Waals surface area contributed by atoms with E-state index in [1.54, 1.807) is 17.0 Å². The van der Waals surface area contributed by atoms with Crippen LogP contribution in [0.1, 0.15) is 25.3 Å². The summed E-state index contributed by atoms with van der Waals surface area (Å²) in [6.07, 6.45) is 4.19. The van der Waals surface area contributed by atoms with Gasteiger partial charge in [0.05, 0.1) is 0 Å². The van der Waals surface area contributed by atoms with Crippen LogP contribution >= 0.6 is 11.6 Å². The van der Waals surface area contributed by atoms with Crippen LogP contribution < -0.4 is 5.32 Å². The number of carbonyl (C=O) groups is 3. The molecule has 0 aromatic heterocycles. The van der Waals surface area contributed by atoms with E-state index >= 15 is 0 Å². The number of halogens is 1. The van der Waals surface area contributed by atoms with Crippen molar-refractivity contribution in [2.75, 3.05) is 13.1 Å². The van der Waals surface area contributed by atoms with E-state index in [1.807, 2.05) is 18.2 Å². The van der Waals surface area contributed by atoms with Gasteiger partial charge in [0.15, 0.2) is 0 Å². The lowest BCUT2D eigenvalue weighted by Crippen LogP contribution is -2.46. The number of hydrogen-bond donors (Lipinski definition) is 2. The summed E-state index contributed by atoms with van der Waals surface area (Å²) in [6.45, 7) is 2.36. The molecule has 7 heteroatoms. The number of aliphatic carboxylic acids is 1. The second-order valence-corrected chi connectivity index (χ2v) is 6.43. The standard InChI is InChI=1S/C18H21ClN2O4/c1-12(18(24)25)20-17(23)14-8-10-21(11-9-14)16(22)7-6-13-4-2-3-5-15(13)19/h2-7,12,14H,8-11H2,1H3,(H,20,23)(H,24,25). The highest BCUT2D eigenvalue weighted by atomic mass is 35.5. The number of nitrogens with zero attached hydrogens (tertiary/aromatic N) is 1. The molecule has 1 aromatic carbocycles. The molecular formula is C18H21ClN2O4. The van der Waals surface area contributed by atoms with Crippen LogP contribution in [0.4, 0.5) is 0 Å². The Morgan fingerprint density at radius 2 is 1.92 bits per heavy atom. The Hall–Kier alpha value is -2.34. The second kappa shape index (κ2) is 8.67. The number of carbonyl (C=O) groups excluding carboxylic acids is 2. The first kappa shape index (κ1) is 19.0. The van der Waals surface area contributed by atoms with E-state index in [0.29, 0.717) is 31.0 Å². The van der Waals surface area contributed by atoms with E-state index in [4.69, 9.17) is 16.7 Å². The lowest BCUT2D eigenvalue weighted by atomic mass is 9.95. The summed E-state index contributed by atoms with van der Waals surface area (Å²) in [5.74, 6) is -1.73. The van der Waals surface area contributed by atoms with Crippen LogP contribution in [0.3, 0.4) is 0 Å². The van der Waals surface area contributed by atoms with E-state index < -0.39 is 12.0 Å².